The van der Waals surface area contributed by atoms with Crippen LogP contribution in [0.15, 0.2) is 66.7 Å². The van der Waals surface area contributed by atoms with Crippen molar-refractivity contribution in [1.82, 2.24) is 4.98 Å². The summed E-state index contributed by atoms with van der Waals surface area (Å²) in [4.78, 5) is 3.78. The highest BCUT2D eigenvalue weighted by atomic mass is 16.5. The third-order valence-corrected chi connectivity index (χ3v) is 1.76. The number of hydrogen-bond acceptors (Lipinski definition) is 2. The number of rotatable bonds is 4. The summed E-state index contributed by atoms with van der Waals surface area (Å²) in [7, 11) is 1.64. The summed E-state index contributed by atoms with van der Waals surface area (Å²) >= 11 is 0. The van der Waals surface area contributed by atoms with E-state index in [1.54, 1.807) is 25.8 Å². The standard InChI is InChI=1S/C10H16O.C5H5N/c1-4-5-7-10(2)8-6-9-11-3;1-2-4-6-5-3-1/h5-9H,4H2,1-3H3;1-5H/b7-5-,9-6+,10-8-;. The van der Waals surface area contributed by atoms with Gasteiger partial charge in [0, 0.05) is 12.4 Å². The molecule has 0 aliphatic rings. The average Bonchev–Trinajstić information content (AvgIpc) is 2.39. The van der Waals surface area contributed by atoms with Crippen molar-refractivity contribution in [2.45, 2.75) is 20.3 Å². The van der Waals surface area contributed by atoms with Gasteiger partial charge in [0.15, 0.2) is 0 Å². The molecule has 0 saturated carbocycles. The second-order valence-corrected chi connectivity index (χ2v) is 3.31. The van der Waals surface area contributed by atoms with E-state index in [9.17, 15) is 0 Å². The van der Waals surface area contributed by atoms with Crippen LogP contribution in [0.1, 0.15) is 20.3 Å². The number of allylic oxidation sites excluding steroid dienone is 5. The van der Waals surface area contributed by atoms with E-state index in [0.717, 1.165) is 6.42 Å². The highest BCUT2D eigenvalue weighted by molar-refractivity contribution is 5.20. The second-order valence-electron chi connectivity index (χ2n) is 3.31. The summed E-state index contributed by atoms with van der Waals surface area (Å²) in [5.41, 5.74) is 1.24. The molecular weight excluding hydrogens is 210 g/mol. The number of aromatic nitrogens is 1. The molecule has 1 rings (SSSR count). The van der Waals surface area contributed by atoms with Crippen molar-refractivity contribution < 1.29 is 4.74 Å². The van der Waals surface area contributed by atoms with Crippen molar-refractivity contribution in [3.8, 4) is 0 Å². The summed E-state index contributed by atoms with van der Waals surface area (Å²) in [6.07, 6.45) is 14.4. The second kappa shape index (κ2) is 12.2. The van der Waals surface area contributed by atoms with Crippen molar-refractivity contribution in [2.75, 3.05) is 7.11 Å². The molecule has 1 aromatic heterocycles. The molecule has 0 saturated heterocycles. The quantitative estimate of drug-likeness (QED) is 0.574. The van der Waals surface area contributed by atoms with Crippen LogP contribution in [-0.4, -0.2) is 12.1 Å². The van der Waals surface area contributed by atoms with E-state index < -0.39 is 0 Å². The SMILES string of the molecule is CC\C=C/C(C)=C\C=C\OC.c1ccncc1. The Balaban J connectivity index is 0.000000354. The Morgan fingerprint density at radius 1 is 1.24 bits per heavy atom. The smallest absolute Gasteiger partial charge is 0.0824 e. The van der Waals surface area contributed by atoms with Gasteiger partial charge in [-0.1, -0.05) is 36.8 Å². The summed E-state index contributed by atoms with van der Waals surface area (Å²) in [5, 5.41) is 0. The van der Waals surface area contributed by atoms with Crippen molar-refractivity contribution in [3.63, 3.8) is 0 Å². The zero-order valence-electron chi connectivity index (χ0n) is 10.8. The van der Waals surface area contributed by atoms with Crippen molar-refractivity contribution in [3.05, 3.63) is 66.7 Å². The Labute approximate surface area is 104 Å². The monoisotopic (exact) mass is 231 g/mol. The summed E-state index contributed by atoms with van der Waals surface area (Å²) < 4.78 is 4.75. The lowest BCUT2D eigenvalue weighted by atomic mass is 10.2. The number of pyridine rings is 1. The van der Waals surface area contributed by atoms with Crippen LogP contribution in [0.3, 0.4) is 0 Å². The molecule has 17 heavy (non-hydrogen) atoms. The molecule has 0 aliphatic carbocycles. The van der Waals surface area contributed by atoms with Crippen LogP contribution in [0.4, 0.5) is 0 Å². The zero-order chi connectivity index (χ0) is 12.8. The predicted molar refractivity (Wildman–Crippen MR) is 73.6 cm³/mol. The summed E-state index contributed by atoms with van der Waals surface area (Å²) in [5.74, 6) is 0. The molecule has 0 aromatic carbocycles. The molecule has 0 unspecified atom stereocenters. The normalized spacial score (nSPS) is 11.4. The first-order valence-electron chi connectivity index (χ1n) is 5.69. The Morgan fingerprint density at radius 2 is 1.94 bits per heavy atom. The van der Waals surface area contributed by atoms with Gasteiger partial charge in [0.1, 0.15) is 0 Å². The topological polar surface area (TPSA) is 22.1 Å². The Hall–Kier alpha value is -1.83. The van der Waals surface area contributed by atoms with Crippen molar-refractivity contribution >= 4 is 0 Å². The van der Waals surface area contributed by atoms with E-state index in [0.29, 0.717) is 0 Å². The summed E-state index contributed by atoms with van der Waals surface area (Å²) in [6.45, 7) is 4.18. The summed E-state index contributed by atoms with van der Waals surface area (Å²) in [6, 6.07) is 5.72. The third kappa shape index (κ3) is 12.1. The Kier molecular flexibility index (Phi) is 10.9. The predicted octanol–water partition coefficient (Wildman–Crippen LogP) is 4.14. The lowest BCUT2D eigenvalue weighted by Crippen LogP contribution is -1.67. The van der Waals surface area contributed by atoms with Gasteiger partial charge in [-0.05, 0) is 31.6 Å². The van der Waals surface area contributed by atoms with E-state index in [1.807, 2.05) is 30.4 Å². The van der Waals surface area contributed by atoms with E-state index in [2.05, 4.69) is 31.0 Å². The van der Waals surface area contributed by atoms with E-state index in [1.165, 1.54) is 5.57 Å². The first-order valence-corrected chi connectivity index (χ1v) is 5.69. The van der Waals surface area contributed by atoms with Crippen LogP contribution in [0.2, 0.25) is 0 Å². The van der Waals surface area contributed by atoms with E-state index in [-0.39, 0.29) is 0 Å². The molecule has 0 aliphatic heterocycles. The maximum absolute atomic E-state index is 4.75. The largest absolute Gasteiger partial charge is 0.504 e. The first-order chi connectivity index (χ1) is 8.31. The molecule has 92 valence electrons. The highest BCUT2D eigenvalue weighted by Crippen LogP contribution is 1.96. The minimum Gasteiger partial charge on any atom is -0.504 e. The lowest BCUT2D eigenvalue weighted by Gasteiger charge is -1.87. The molecule has 1 heterocycles. The Bertz CT molecular complexity index is 312. The van der Waals surface area contributed by atoms with Crippen LogP contribution in [0, 0.1) is 0 Å². The molecule has 0 spiro atoms. The molecule has 0 amide bonds. The maximum atomic E-state index is 4.75. The fourth-order valence-corrected chi connectivity index (χ4v) is 0.942. The van der Waals surface area contributed by atoms with Crippen molar-refractivity contribution in [1.29, 1.82) is 0 Å². The van der Waals surface area contributed by atoms with Crippen LogP contribution in [-0.2, 0) is 4.74 Å². The van der Waals surface area contributed by atoms with Gasteiger partial charge in [0.05, 0.1) is 13.4 Å². The van der Waals surface area contributed by atoms with Gasteiger partial charge in [-0.3, -0.25) is 4.98 Å². The van der Waals surface area contributed by atoms with Gasteiger partial charge in [-0.2, -0.15) is 0 Å². The van der Waals surface area contributed by atoms with Gasteiger partial charge < -0.3 is 4.74 Å². The van der Waals surface area contributed by atoms with Crippen molar-refractivity contribution in [2.24, 2.45) is 0 Å². The van der Waals surface area contributed by atoms with E-state index in [4.69, 9.17) is 4.74 Å². The van der Waals surface area contributed by atoms with Gasteiger partial charge >= 0.3 is 0 Å². The number of nitrogens with zero attached hydrogens (tertiary/aromatic N) is 1. The molecular formula is C15H21NO. The molecule has 2 heteroatoms. The molecule has 0 radical (unpaired) electrons. The Morgan fingerprint density at radius 3 is 2.35 bits per heavy atom. The molecule has 1 aromatic rings. The lowest BCUT2D eigenvalue weighted by molar-refractivity contribution is 0.338. The van der Waals surface area contributed by atoms with Crippen LogP contribution in [0.25, 0.3) is 0 Å². The number of hydrogen-bond donors (Lipinski definition) is 0. The fraction of sp³-hybridized carbons (Fsp3) is 0.267. The van der Waals surface area contributed by atoms with Crippen LogP contribution < -0.4 is 0 Å². The average molecular weight is 231 g/mol. The van der Waals surface area contributed by atoms with Gasteiger partial charge in [0.2, 0.25) is 0 Å². The number of methoxy groups -OCH3 is 1. The van der Waals surface area contributed by atoms with Gasteiger partial charge in [-0.15, -0.1) is 0 Å². The van der Waals surface area contributed by atoms with Gasteiger partial charge in [0.25, 0.3) is 0 Å². The zero-order valence-corrected chi connectivity index (χ0v) is 10.8. The van der Waals surface area contributed by atoms with E-state index >= 15 is 0 Å². The molecule has 0 bridgehead atoms. The number of ether oxygens (including phenoxy) is 1. The molecule has 0 fully saturated rings. The minimum absolute atomic E-state index is 1.08. The van der Waals surface area contributed by atoms with Gasteiger partial charge in [-0.25, -0.2) is 0 Å². The van der Waals surface area contributed by atoms with Crippen LogP contribution in [0.5, 0.6) is 0 Å². The highest BCUT2D eigenvalue weighted by Gasteiger charge is 1.75. The first kappa shape index (κ1) is 15.2. The third-order valence-electron chi connectivity index (χ3n) is 1.76. The van der Waals surface area contributed by atoms with Crippen LogP contribution >= 0.6 is 0 Å². The minimum atomic E-state index is 1.08. The molecule has 0 N–H and O–H groups in total. The molecule has 0 atom stereocenters. The maximum Gasteiger partial charge on any atom is 0.0824 e. The fourth-order valence-electron chi connectivity index (χ4n) is 0.942. The molecule has 2 nitrogen and oxygen atoms in total.